The van der Waals surface area contributed by atoms with Crippen LogP contribution < -0.4 is 0 Å². The van der Waals surface area contributed by atoms with Crippen molar-refractivity contribution in [2.75, 3.05) is 7.11 Å². The molecule has 0 saturated carbocycles. The van der Waals surface area contributed by atoms with Gasteiger partial charge in [-0.25, -0.2) is 4.79 Å². The SMILES string of the molecule is COC(=O)c1cc(Br)nn1Cc1ccc(C(F)(F)F)cc1. The Hall–Kier alpha value is -1.83. The number of alkyl halides is 3. The van der Waals surface area contributed by atoms with Crippen LogP contribution in [0.3, 0.4) is 0 Å². The molecule has 0 unspecified atom stereocenters. The molecule has 0 radical (unpaired) electrons. The number of carbonyl (C=O) groups is 1. The second-order valence-corrected chi connectivity index (χ2v) is 5.01. The zero-order chi connectivity index (χ0) is 15.6. The minimum atomic E-state index is -4.37. The number of hydrogen-bond donors (Lipinski definition) is 0. The molecule has 0 bridgehead atoms. The first kappa shape index (κ1) is 15.6. The molecule has 2 aromatic rings. The van der Waals surface area contributed by atoms with Gasteiger partial charge in [-0.2, -0.15) is 18.3 Å². The first-order valence-electron chi connectivity index (χ1n) is 5.79. The molecule has 1 heterocycles. The maximum Gasteiger partial charge on any atom is 0.416 e. The van der Waals surface area contributed by atoms with Gasteiger partial charge in [0.1, 0.15) is 10.3 Å². The zero-order valence-corrected chi connectivity index (χ0v) is 12.4. The van der Waals surface area contributed by atoms with Gasteiger partial charge in [-0.05, 0) is 33.6 Å². The van der Waals surface area contributed by atoms with E-state index in [2.05, 4.69) is 25.8 Å². The van der Waals surface area contributed by atoms with Crippen molar-refractivity contribution in [2.45, 2.75) is 12.7 Å². The summed E-state index contributed by atoms with van der Waals surface area (Å²) in [6.45, 7) is 0.161. The smallest absolute Gasteiger partial charge is 0.416 e. The van der Waals surface area contributed by atoms with Gasteiger partial charge in [0.25, 0.3) is 0 Å². The van der Waals surface area contributed by atoms with Gasteiger partial charge in [-0.15, -0.1) is 0 Å². The van der Waals surface area contributed by atoms with E-state index in [-0.39, 0.29) is 12.2 Å². The van der Waals surface area contributed by atoms with E-state index in [1.165, 1.54) is 30.0 Å². The van der Waals surface area contributed by atoms with Crippen molar-refractivity contribution in [1.29, 1.82) is 0 Å². The topological polar surface area (TPSA) is 44.1 Å². The molecule has 1 aromatic carbocycles. The number of benzene rings is 1. The highest BCUT2D eigenvalue weighted by atomic mass is 79.9. The number of carbonyl (C=O) groups excluding carboxylic acids is 1. The van der Waals surface area contributed by atoms with Gasteiger partial charge in [-0.1, -0.05) is 12.1 Å². The molecule has 8 heteroatoms. The fourth-order valence-corrected chi connectivity index (χ4v) is 2.16. The molecule has 4 nitrogen and oxygen atoms in total. The molecule has 0 N–H and O–H groups in total. The maximum atomic E-state index is 12.5. The van der Waals surface area contributed by atoms with Crippen LogP contribution in [-0.2, 0) is 17.5 Å². The Morgan fingerprint density at radius 3 is 2.48 bits per heavy atom. The lowest BCUT2D eigenvalue weighted by Crippen LogP contribution is -2.13. The molecule has 1 aromatic heterocycles. The second kappa shape index (κ2) is 5.88. The van der Waals surface area contributed by atoms with Crippen LogP contribution in [0.2, 0.25) is 0 Å². The molecular weight excluding hydrogens is 353 g/mol. The van der Waals surface area contributed by atoms with E-state index in [0.29, 0.717) is 10.2 Å². The monoisotopic (exact) mass is 362 g/mol. The fourth-order valence-electron chi connectivity index (χ4n) is 1.75. The van der Waals surface area contributed by atoms with Crippen molar-refractivity contribution >= 4 is 21.9 Å². The summed E-state index contributed by atoms with van der Waals surface area (Å²) in [7, 11) is 1.24. The van der Waals surface area contributed by atoms with Crippen molar-refractivity contribution in [3.05, 3.63) is 51.8 Å². The zero-order valence-electron chi connectivity index (χ0n) is 10.8. The third-order valence-corrected chi connectivity index (χ3v) is 3.15. The van der Waals surface area contributed by atoms with Crippen LogP contribution in [0.5, 0.6) is 0 Å². The summed E-state index contributed by atoms with van der Waals surface area (Å²) in [5, 5.41) is 4.06. The number of methoxy groups -OCH3 is 1. The summed E-state index contributed by atoms with van der Waals surface area (Å²) in [6, 6.07) is 6.16. The quantitative estimate of drug-likeness (QED) is 0.785. The van der Waals surface area contributed by atoms with Crippen LogP contribution in [0.25, 0.3) is 0 Å². The van der Waals surface area contributed by atoms with Gasteiger partial charge in [-0.3, -0.25) is 4.68 Å². The van der Waals surface area contributed by atoms with Gasteiger partial charge in [0.2, 0.25) is 0 Å². The minimum Gasteiger partial charge on any atom is -0.464 e. The Balaban J connectivity index is 2.24. The van der Waals surface area contributed by atoms with Crippen LogP contribution in [0.1, 0.15) is 21.6 Å². The molecule has 0 aliphatic carbocycles. The summed E-state index contributed by atoms with van der Waals surface area (Å²) >= 11 is 3.14. The summed E-state index contributed by atoms with van der Waals surface area (Å²) in [4.78, 5) is 11.6. The molecule has 0 atom stereocenters. The van der Waals surface area contributed by atoms with Crippen molar-refractivity contribution in [2.24, 2.45) is 0 Å². The number of hydrogen-bond acceptors (Lipinski definition) is 3. The molecule has 0 amide bonds. The van der Waals surface area contributed by atoms with Gasteiger partial charge < -0.3 is 4.74 Å². The number of ether oxygens (including phenoxy) is 1. The molecule has 0 spiro atoms. The summed E-state index contributed by atoms with van der Waals surface area (Å²) in [5.41, 5.74) is 0.0779. The molecule has 0 aliphatic rings. The van der Waals surface area contributed by atoms with Gasteiger partial charge in [0.15, 0.2) is 0 Å². The Labute approximate surface area is 126 Å². The third-order valence-electron chi connectivity index (χ3n) is 2.76. The van der Waals surface area contributed by atoms with E-state index >= 15 is 0 Å². The highest BCUT2D eigenvalue weighted by Gasteiger charge is 2.30. The largest absolute Gasteiger partial charge is 0.464 e. The maximum absolute atomic E-state index is 12.5. The molecule has 21 heavy (non-hydrogen) atoms. The molecule has 0 aliphatic heterocycles. The average molecular weight is 363 g/mol. The van der Waals surface area contributed by atoms with Crippen molar-refractivity contribution in [1.82, 2.24) is 9.78 Å². The predicted octanol–water partition coefficient (Wildman–Crippen LogP) is 3.50. The van der Waals surface area contributed by atoms with E-state index in [9.17, 15) is 18.0 Å². The lowest BCUT2D eigenvalue weighted by atomic mass is 10.1. The average Bonchev–Trinajstić information content (AvgIpc) is 2.78. The van der Waals surface area contributed by atoms with E-state index in [1.54, 1.807) is 0 Å². The lowest BCUT2D eigenvalue weighted by Gasteiger charge is -2.09. The van der Waals surface area contributed by atoms with Crippen LogP contribution in [0.15, 0.2) is 34.9 Å². The van der Waals surface area contributed by atoms with Crippen LogP contribution >= 0.6 is 15.9 Å². The summed E-state index contributed by atoms with van der Waals surface area (Å²) in [6.07, 6.45) is -4.37. The van der Waals surface area contributed by atoms with E-state index in [4.69, 9.17) is 0 Å². The van der Waals surface area contributed by atoms with Crippen LogP contribution in [-0.4, -0.2) is 22.9 Å². The van der Waals surface area contributed by atoms with Gasteiger partial charge in [0.05, 0.1) is 19.2 Å². The fraction of sp³-hybridized carbons (Fsp3) is 0.231. The molecule has 0 saturated heterocycles. The normalized spacial score (nSPS) is 11.5. The van der Waals surface area contributed by atoms with E-state index in [0.717, 1.165) is 12.1 Å². The number of nitrogens with zero attached hydrogens (tertiary/aromatic N) is 2. The number of esters is 1. The van der Waals surface area contributed by atoms with Crippen LogP contribution in [0, 0.1) is 0 Å². The molecule has 0 fully saturated rings. The summed E-state index contributed by atoms with van der Waals surface area (Å²) < 4.78 is 43.9. The number of rotatable bonds is 3. The lowest BCUT2D eigenvalue weighted by molar-refractivity contribution is -0.137. The van der Waals surface area contributed by atoms with Crippen molar-refractivity contribution in [3.63, 3.8) is 0 Å². The predicted molar refractivity (Wildman–Crippen MR) is 71.8 cm³/mol. The number of aromatic nitrogens is 2. The number of halogens is 4. The molecule has 2 rings (SSSR count). The van der Waals surface area contributed by atoms with E-state index in [1.807, 2.05) is 0 Å². The van der Waals surface area contributed by atoms with Crippen molar-refractivity contribution < 1.29 is 22.7 Å². The van der Waals surface area contributed by atoms with Crippen LogP contribution in [0.4, 0.5) is 13.2 Å². The summed E-state index contributed by atoms with van der Waals surface area (Å²) in [5.74, 6) is -0.569. The minimum absolute atomic E-state index is 0.161. The Kier molecular flexibility index (Phi) is 4.36. The van der Waals surface area contributed by atoms with Gasteiger partial charge in [0, 0.05) is 6.07 Å². The highest BCUT2D eigenvalue weighted by molar-refractivity contribution is 9.10. The Morgan fingerprint density at radius 2 is 1.95 bits per heavy atom. The standard InChI is InChI=1S/C13H10BrF3N2O2/c1-21-12(20)10-6-11(14)18-19(10)7-8-2-4-9(5-3-8)13(15,16)17/h2-6H,7H2,1H3. The highest BCUT2D eigenvalue weighted by Crippen LogP contribution is 2.29. The van der Waals surface area contributed by atoms with Gasteiger partial charge >= 0.3 is 12.1 Å². The first-order chi connectivity index (χ1) is 9.81. The third kappa shape index (κ3) is 3.63. The molecule has 112 valence electrons. The van der Waals surface area contributed by atoms with Crippen molar-refractivity contribution in [3.8, 4) is 0 Å². The Morgan fingerprint density at radius 1 is 1.33 bits per heavy atom. The van der Waals surface area contributed by atoms with E-state index < -0.39 is 17.7 Å². The first-order valence-corrected chi connectivity index (χ1v) is 6.58. The second-order valence-electron chi connectivity index (χ2n) is 4.20. The Bertz CT molecular complexity index is 650. The molecular formula is C13H10BrF3N2O2.